The smallest absolute Gasteiger partial charge is 0 e. The minimum Gasteiger partial charge on any atom is 0 e. The van der Waals surface area contributed by atoms with E-state index in [1.165, 1.54) is 0 Å². The number of aliphatic hydroxyl groups excluding tert-OH is 1. The van der Waals surface area contributed by atoms with Crippen LogP contribution in [0.15, 0.2) is 24.3 Å². The van der Waals surface area contributed by atoms with Crippen LogP contribution in [-0.2, 0) is 31.3 Å². The molecule has 19 heavy (non-hydrogen) atoms. The number of hydrogen-bond donors (Lipinski definition) is 1. The second-order valence-electron chi connectivity index (χ2n) is 2.83. The SMILES string of the molecule is COc1ccccc1C(C)CO.[C-]#[O+].[C-]#[O+].[C-]#[O+].[Cr]. The molecule has 0 spiro atoms. The Bertz CT molecular complexity index is 345. The normalized spacial score (nSPS) is 8.26. The van der Waals surface area contributed by atoms with Gasteiger partial charge in [-0.2, -0.15) is 0 Å². The third-order valence-corrected chi connectivity index (χ3v) is 1.94. The van der Waals surface area contributed by atoms with E-state index in [4.69, 9.17) is 23.8 Å². The summed E-state index contributed by atoms with van der Waals surface area (Å²) in [7, 11) is 1.64. The maximum Gasteiger partial charge on any atom is 0 e. The quantitative estimate of drug-likeness (QED) is 0.680. The average Bonchev–Trinajstić information content (AvgIpc) is 2.52. The molecule has 1 aromatic carbocycles. The van der Waals surface area contributed by atoms with Gasteiger partial charge in [-0.15, -0.1) is 0 Å². The largest absolute Gasteiger partial charge is 0 e. The van der Waals surface area contributed by atoms with Gasteiger partial charge in [0.2, 0.25) is 0 Å². The molecule has 0 saturated carbocycles. The number of methoxy groups -OCH3 is 1. The topological polar surface area (TPSA) is 89.2 Å². The minimum absolute atomic E-state index is 0. The summed E-state index contributed by atoms with van der Waals surface area (Å²) in [4.78, 5) is 0. The van der Waals surface area contributed by atoms with Crippen molar-refractivity contribution in [2.75, 3.05) is 13.7 Å². The first-order valence-corrected chi connectivity index (χ1v) is 4.64. The predicted octanol–water partition coefficient (Wildman–Crippen LogP) is 1.68. The molecule has 0 aliphatic heterocycles. The number of aliphatic hydroxyl groups is 1. The molecule has 1 aromatic rings. The Balaban J connectivity index is -0.000000142. The first kappa shape index (κ1) is 26.3. The van der Waals surface area contributed by atoms with Gasteiger partial charge in [0.15, 0.2) is 0 Å². The summed E-state index contributed by atoms with van der Waals surface area (Å²) in [5.74, 6) is 0.986. The molecule has 6 heteroatoms. The molecule has 0 aliphatic rings. The van der Waals surface area contributed by atoms with E-state index in [2.05, 4.69) is 20.0 Å². The minimum atomic E-state index is 0. The van der Waals surface area contributed by atoms with Crippen LogP contribution in [0.5, 0.6) is 5.75 Å². The molecule has 1 atom stereocenters. The molecule has 0 bridgehead atoms. The van der Waals surface area contributed by atoms with Gasteiger partial charge in [-0.25, -0.2) is 0 Å². The molecule has 1 unspecified atom stereocenters. The summed E-state index contributed by atoms with van der Waals surface area (Å²) in [6, 6.07) is 7.75. The molecule has 1 rings (SSSR count). The molecule has 5 nitrogen and oxygen atoms in total. The van der Waals surface area contributed by atoms with Crippen LogP contribution in [0.3, 0.4) is 0 Å². The maximum absolute atomic E-state index is 8.95. The fourth-order valence-electron chi connectivity index (χ4n) is 1.17. The summed E-state index contributed by atoms with van der Waals surface area (Å²) < 4.78 is 27.7. The van der Waals surface area contributed by atoms with Gasteiger partial charge in [0.1, 0.15) is 5.75 Å². The third kappa shape index (κ3) is 11.5. The molecule has 1 N–H and O–H groups in total. The van der Waals surface area contributed by atoms with E-state index in [-0.39, 0.29) is 29.9 Å². The van der Waals surface area contributed by atoms with Gasteiger partial charge in [-0.05, 0) is 11.6 Å². The molecular weight excluding hydrogens is 288 g/mol. The maximum atomic E-state index is 8.95. The molecule has 0 aromatic heterocycles. The van der Waals surface area contributed by atoms with Crippen LogP contribution < -0.4 is 4.74 Å². The number of para-hydroxylation sites is 1. The Kier molecular flexibility index (Phi) is 30.4. The van der Waals surface area contributed by atoms with Crippen molar-refractivity contribution in [3.8, 4) is 5.75 Å². The van der Waals surface area contributed by atoms with Crippen molar-refractivity contribution in [2.45, 2.75) is 12.8 Å². The summed E-state index contributed by atoms with van der Waals surface area (Å²) in [5, 5.41) is 8.95. The second-order valence-corrected chi connectivity index (χ2v) is 2.83. The van der Waals surface area contributed by atoms with Gasteiger partial charge in [-0.1, -0.05) is 25.1 Å². The van der Waals surface area contributed by atoms with E-state index in [0.717, 1.165) is 11.3 Å². The standard InChI is InChI=1S/C10H14O2.3CO.Cr/c1-8(7-11)9-5-3-4-6-10(9)12-2;3*1-2;/h3-6,8,11H,7H2,1-2H3;;;;. The van der Waals surface area contributed by atoms with Crippen molar-refractivity contribution < 1.29 is 41.2 Å². The van der Waals surface area contributed by atoms with E-state index in [1.54, 1.807) is 7.11 Å². The summed E-state index contributed by atoms with van der Waals surface area (Å²) in [6.45, 7) is 15.6. The van der Waals surface area contributed by atoms with Gasteiger partial charge < -0.3 is 9.84 Å². The molecular formula is C13H14CrO5. The number of rotatable bonds is 3. The second kappa shape index (κ2) is 22.0. The zero-order chi connectivity index (χ0) is 15.0. The monoisotopic (exact) mass is 302 g/mol. The molecule has 0 aliphatic carbocycles. The molecule has 0 heterocycles. The fourth-order valence-corrected chi connectivity index (χ4v) is 1.17. The van der Waals surface area contributed by atoms with Crippen LogP contribution in [0.1, 0.15) is 18.4 Å². The number of hydrogen-bond acceptors (Lipinski definition) is 2. The van der Waals surface area contributed by atoms with Crippen LogP contribution in [0, 0.1) is 20.0 Å². The Morgan fingerprint density at radius 1 is 1.11 bits per heavy atom. The first-order valence-electron chi connectivity index (χ1n) is 4.64. The summed E-state index contributed by atoms with van der Waals surface area (Å²) >= 11 is 0. The summed E-state index contributed by atoms with van der Waals surface area (Å²) in [5.41, 5.74) is 1.06. The Morgan fingerprint density at radius 3 is 1.89 bits per heavy atom. The van der Waals surface area contributed by atoms with E-state index < -0.39 is 0 Å². The zero-order valence-electron chi connectivity index (χ0n) is 10.6. The van der Waals surface area contributed by atoms with Crippen molar-refractivity contribution >= 4 is 0 Å². The number of benzene rings is 1. The van der Waals surface area contributed by atoms with Crippen molar-refractivity contribution in [2.24, 2.45) is 0 Å². The Hall–Kier alpha value is -1.27. The van der Waals surface area contributed by atoms with Crippen LogP contribution in [0.25, 0.3) is 0 Å². The van der Waals surface area contributed by atoms with Crippen molar-refractivity contribution in [3.05, 3.63) is 49.8 Å². The Labute approximate surface area is 123 Å². The molecule has 0 saturated heterocycles. The molecule has 0 amide bonds. The molecule has 0 fully saturated rings. The third-order valence-electron chi connectivity index (χ3n) is 1.94. The first-order chi connectivity index (χ1) is 8.79. The van der Waals surface area contributed by atoms with E-state index in [1.807, 2.05) is 31.2 Å². The van der Waals surface area contributed by atoms with Gasteiger partial charge in [-0.3, -0.25) is 0 Å². The van der Waals surface area contributed by atoms with Crippen molar-refractivity contribution in [1.29, 1.82) is 0 Å². The van der Waals surface area contributed by atoms with Gasteiger partial charge in [0.25, 0.3) is 0 Å². The Morgan fingerprint density at radius 2 is 1.53 bits per heavy atom. The molecule has 102 valence electrons. The van der Waals surface area contributed by atoms with Crippen LogP contribution in [0.2, 0.25) is 0 Å². The van der Waals surface area contributed by atoms with E-state index >= 15 is 0 Å². The average molecular weight is 302 g/mol. The van der Waals surface area contributed by atoms with Gasteiger partial charge >= 0.3 is 33.9 Å². The van der Waals surface area contributed by atoms with Crippen LogP contribution in [0.4, 0.5) is 0 Å². The van der Waals surface area contributed by atoms with Gasteiger partial charge in [0, 0.05) is 29.9 Å². The zero-order valence-corrected chi connectivity index (χ0v) is 11.9. The van der Waals surface area contributed by atoms with Crippen LogP contribution in [-0.4, -0.2) is 18.8 Å². The van der Waals surface area contributed by atoms with Crippen molar-refractivity contribution in [1.82, 2.24) is 0 Å². The summed E-state index contributed by atoms with van der Waals surface area (Å²) in [6.07, 6.45) is 0. The van der Waals surface area contributed by atoms with Gasteiger partial charge in [0.05, 0.1) is 7.11 Å². The van der Waals surface area contributed by atoms with E-state index in [0.29, 0.717) is 0 Å². The fraction of sp³-hybridized carbons (Fsp3) is 0.308. The van der Waals surface area contributed by atoms with Crippen LogP contribution >= 0.6 is 0 Å². The predicted molar refractivity (Wildman–Crippen MR) is 60.3 cm³/mol. The van der Waals surface area contributed by atoms with E-state index in [9.17, 15) is 0 Å². The molecule has 0 radical (unpaired) electrons. The number of ether oxygens (including phenoxy) is 1. The van der Waals surface area contributed by atoms with Crippen molar-refractivity contribution in [3.63, 3.8) is 0 Å².